The molecule has 0 aliphatic heterocycles. The van der Waals surface area contributed by atoms with E-state index in [9.17, 15) is 0 Å². The molecule has 2 heterocycles. The van der Waals surface area contributed by atoms with E-state index in [1.165, 1.54) is 11.8 Å². The van der Waals surface area contributed by atoms with Crippen LogP contribution in [0.2, 0.25) is 0 Å². The van der Waals surface area contributed by atoms with Crippen molar-refractivity contribution in [2.45, 2.75) is 16.7 Å². The van der Waals surface area contributed by atoms with Crippen LogP contribution in [0.4, 0.5) is 0 Å². The van der Waals surface area contributed by atoms with Gasteiger partial charge in [-0.2, -0.15) is 0 Å². The lowest BCUT2D eigenvalue weighted by atomic mass is 10.2. The molecule has 0 saturated carbocycles. The third kappa shape index (κ3) is 3.14. The first-order valence-electron chi connectivity index (χ1n) is 6.51. The molecule has 2 aromatic heterocycles. The number of nitrogens with two attached hydrogens (primary N) is 1. The van der Waals surface area contributed by atoms with Crippen molar-refractivity contribution in [3.05, 3.63) is 36.2 Å². The van der Waals surface area contributed by atoms with Crippen LogP contribution in [0, 0.1) is 0 Å². The normalized spacial score (nSPS) is 11.0. The minimum atomic E-state index is 0.598. The highest BCUT2D eigenvalue weighted by molar-refractivity contribution is 7.99. The second kappa shape index (κ2) is 6.11. The third-order valence-electron chi connectivity index (χ3n) is 2.97. The van der Waals surface area contributed by atoms with Gasteiger partial charge in [-0.1, -0.05) is 0 Å². The summed E-state index contributed by atoms with van der Waals surface area (Å²) in [5, 5.41) is 1.41. The van der Waals surface area contributed by atoms with E-state index in [4.69, 9.17) is 10.5 Å². The van der Waals surface area contributed by atoms with Crippen molar-refractivity contribution in [2.24, 2.45) is 5.73 Å². The van der Waals surface area contributed by atoms with E-state index in [0.29, 0.717) is 11.7 Å². The van der Waals surface area contributed by atoms with Crippen molar-refractivity contribution in [3.8, 4) is 5.75 Å². The molecule has 7 heteroatoms. The molecule has 3 rings (SSSR count). The zero-order valence-corrected chi connectivity index (χ0v) is 12.4. The summed E-state index contributed by atoms with van der Waals surface area (Å²) in [6, 6.07) is 5.72. The van der Waals surface area contributed by atoms with Crippen LogP contribution < -0.4 is 10.5 Å². The standard InChI is InChI=1S/C14H15N5OS/c1-20-10-2-3-11-12(6-10)19-14(18-11)21-13-16-7-9(4-5-15)8-17-13/h2-3,6-8H,4-5,15H2,1H3,(H,18,19). The van der Waals surface area contributed by atoms with Crippen molar-refractivity contribution in [1.82, 2.24) is 19.9 Å². The molecular weight excluding hydrogens is 286 g/mol. The summed E-state index contributed by atoms with van der Waals surface area (Å²) in [5.74, 6) is 0.796. The number of benzene rings is 1. The predicted octanol–water partition coefficient (Wildman–Crippen LogP) is 2.01. The van der Waals surface area contributed by atoms with E-state index in [0.717, 1.165) is 33.9 Å². The molecule has 0 radical (unpaired) electrons. The average Bonchev–Trinajstić information content (AvgIpc) is 2.90. The fourth-order valence-corrected chi connectivity index (χ4v) is 2.61. The Balaban J connectivity index is 1.80. The van der Waals surface area contributed by atoms with Crippen LogP contribution in [-0.2, 0) is 6.42 Å². The Kier molecular flexibility index (Phi) is 4.03. The highest BCUT2D eigenvalue weighted by Gasteiger charge is 2.07. The van der Waals surface area contributed by atoms with Gasteiger partial charge in [0.2, 0.25) is 0 Å². The van der Waals surface area contributed by atoms with Crippen molar-refractivity contribution >= 4 is 22.8 Å². The number of imidazole rings is 1. The van der Waals surface area contributed by atoms with Crippen LogP contribution in [0.3, 0.4) is 0 Å². The van der Waals surface area contributed by atoms with Gasteiger partial charge in [-0.05, 0) is 42.4 Å². The number of aromatic amines is 1. The first-order chi connectivity index (χ1) is 10.3. The van der Waals surface area contributed by atoms with Crippen LogP contribution >= 0.6 is 11.8 Å². The Morgan fingerprint density at radius 3 is 2.81 bits per heavy atom. The summed E-state index contributed by atoms with van der Waals surface area (Å²) >= 11 is 1.39. The molecule has 0 fully saturated rings. The maximum atomic E-state index is 5.50. The largest absolute Gasteiger partial charge is 0.497 e. The minimum Gasteiger partial charge on any atom is -0.497 e. The molecule has 0 saturated heterocycles. The fourth-order valence-electron chi connectivity index (χ4n) is 1.92. The zero-order valence-electron chi connectivity index (χ0n) is 11.5. The van der Waals surface area contributed by atoms with Gasteiger partial charge in [-0.25, -0.2) is 15.0 Å². The van der Waals surface area contributed by atoms with Crippen LogP contribution in [0.1, 0.15) is 5.56 Å². The quantitative estimate of drug-likeness (QED) is 0.701. The molecule has 6 nitrogen and oxygen atoms in total. The van der Waals surface area contributed by atoms with Gasteiger partial charge in [0, 0.05) is 18.5 Å². The fraction of sp³-hybridized carbons (Fsp3) is 0.214. The van der Waals surface area contributed by atoms with Crippen LogP contribution in [-0.4, -0.2) is 33.6 Å². The molecular formula is C14H15N5OS. The summed E-state index contributed by atoms with van der Waals surface area (Å²) in [6.07, 6.45) is 4.39. The molecule has 0 spiro atoms. The van der Waals surface area contributed by atoms with Gasteiger partial charge in [0.1, 0.15) is 5.75 Å². The lowest BCUT2D eigenvalue weighted by Crippen LogP contribution is -2.03. The van der Waals surface area contributed by atoms with E-state index >= 15 is 0 Å². The molecule has 0 aliphatic carbocycles. The summed E-state index contributed by atoms with van der Waals surface area (Å²) in [4.78, 5) is 16.3. The van der Waals surface area contributed by atoms with Gasteiger partial charge in [0.05, 0.1) is 18.1 Å². The number of fused-ring (bicyclic) bond motifs is 1. The highest BCUT2D eigenvalue weighted by atomic mass is 32.2. The Morgan fingerprint density at radius 2 is 2.10 bits per heavy atom. The smallest absolute Gasteiger partial charge is 0.195 e. The van der Waals surface area contributed by atoms with Crippen molar-refractivity contribution in [1.29, 1.82) is 0 Å². The minimum absolute atomic E-state index is 0.598. The van der Waals surface area contributed by atoms with E-state index < -0.39 is 0 Å². The van der Waals surface area contributed by atoms with Gasteiger partial charge in [0.25, 0.3) is 0 Å². The number of rotatable bonds is 5. The Bertz CT molecular complexity index is 741. The van der Waals surface area contributed by atoms with Crippen LogP contribution in [0.5, 0.6) is 5.75 Å². The van der Waals surface area contributed by atoms with E-state index in [1.807, 2.05) is 18.2 Å². The molecule has 0 bridgehead atoms. The SMILES string of the molecule is COc1ccc2nc(Sc3ncc(CCN)cn3)[nH]c2c1. The molecule has 0 atom stereocenters. The summed E-state index contributed by atoms with van der Waals surface area (Å²) in [5.41, 5.74) is 8.36. The van der Waals surface area contributed by atoms with E-state index in [1.54, 1.807) is 19.5 Å². The number of H-pyrrole nitrogens is 1. The van der Waals surface area contributed by atoms with Gasteiger partial charge in [-0.3, -0.25) is 0 Å². The first kappa shape index (κ1) is 13.8. The molecule has 21 heavy (non-hydrogen) atoms. The number of aromatic nitrogens is 4. The number of hydrogen-bond donors (Lipinski definition) is 2. The van der Waals surface area contributed by atoms with Crippen LogP contribution in [0.15, 0.2) is 40.9 Å². The molecule has 3 N–H and O–H groups in total. The molecule has 108 valence electrons. The number of methoxy groups -OCH3 is 1. The zero-order chi connectivity index (χ0) is 14.7. The molecule has 3 aromatic rings. The first-order valence-corrected chi connectivity index (χ1v) is 7.33. The topological polar surface area (TPSA) is 89.7 Å². The number of nitrogens with one attached hydrogen (secondary N) is 1. The number of hydrogen-bond acceptors (Lipinski definition) is 6. The van der Waals surface area contributed by atoms with Crippen molar-refractivity contribution in [2.75, 3.05) is 13.7 Å². The van der Waals surface area contributed by atoms with Gasteiger partial charge in [0.15, 0.2) is 10.3 Å². The lowest BCUT2D eigenvalue weighted by Gasteiger charge is -1.99. The van der Waals surface area contributed by atoms with Crippen molar-refractivity contribution in [3.63, 3.8) is 0 Å². The number of ether oxygens (including phenoxy) is 1. The molecule has 1 aromatic carbocycles. The van der Waals surface area contributed by atoms with Gasteiger partial charge >= 0.3 is 0 Å². The van der Waals surface area contributed by atoms with E-state index in [2.05, 4.69) is 19.9 Å². The molecule has 0 unspecified atom stereocenters. The summed E-state index contributed by atoms with van der Waals surface area (Å²) < 4.78 is 5.20. The second-order valence-electron chi connectivity index (χ2n) is 4.44. The van der Waals surface area contributed by atoms with Gasteiger partial charge in [-0.15, -0.1) is 0 Å². The summed E-state index contributed by atoms with van der Waals surface area (Å²) in [7, 11) is 1.64. The second-order valence-corrected chi connectivity index (χ2v) is 5.40. The maximum Gasteiger partial charge on any atom is 0.195 e. The van der Waals surface area contributed by atoms with Gasteiger partial charge < -0.3 is 15.5 Å². The predicted molar refractivity (Wildman–Crippen MR) is 81.6 cm³/mol. The Labute approximate surface area is 126 Å². The van der Waals surface area contributed by atoms with Crippen molar-refractivity contribution < 1.29 is 4.74 Å². The Hall–Kier alpha value is -2.12. The number of nitrogens with zero attached hydrogens (tertiary/aromatic N) is 3. The lowest BCUT2D eigenvalue weighted by molar-refractivity contribution is 0.415. The monoisotopic (exact) mass is 301 g/mol. The molecule has 0 aliphatic rings. The summed E-state index contributed by atoms with van der Waals surface area (Å²) in [6.45, 7) is 0.598. The molecule has 0 amide bonds. The average molecular weight is 301 g/mol. The maximum absolute atomic E-state index is 5.50. The highest BCUT2D eigenvalue weighted by Crippen LogP contribution is 2.26. The van der Waals surface area contributed by atoms with Crippen LogP contribution in [0.25, 0.3) is 11.0 Å². The Morgan fingerprint density at radius 1 is 1.29 bits per heavy atom. The third-order valence-corrected chi connectivity index (χ3v) is 3.75. The van der Waals surface area contributed by atoms with E-state index in [-0.39, 0.29) is 0 Å².